The number of aromatic nitrogens is 3. The summed E-state index contributed by atoms with van der Waals surface area (Å²) in [5, 5.41) is 9.24. The van der Waals surface area contributed by atoms with E-state index in [1.807, 2.05) is 69.3 Å². The maximum absolute atomic E-state index is 13.4. The smallest absolute Gasteiger partial charge is 0.247 e. The molecule has 0 N–H and O–H groups in total. The van der Waals surface area contributed by atoms with Gasteiger partial charge in [0.25, 0.3) is 0 Å². The van der Waals surface area contributed by atoms with Gasteiger partial charge in [0.05, 0.1) is 17.9 Å². The Hall–Kier alpha value is -3.13. The van der Waals surface area contributed by atoms with Crippen LogP contribution in [0.15, 0.2) is 53.7 Å². The number of anilines is 1. The number of rotatable bonds is 7. The zero-order valence-corrected chi connectivity index (χ0v) is 19.3. The zero-order valence-electron chi connectivity index (χ0n) is 18.4. The van der Waals surface area contributed by atoms with Gasteiger partial charge >= 0.3 is 0 Å². The maximum Gasteiger partial charge on any atom is 0.247 e. The maximum atomic E-state index is 13.4. The van der Waals surface area contributed by atoms with Crippen LogP contribution in [-0.2, 0) is 4.79 Å². The van der Waals surface area contributed by atoms with Gasteiger partial charge in [0.1, 0.15) is 5.75 Å². The Labute approximate surface area is 192 Å². The molecule has 1 atom stereocenters. The van der Waals surface area contributed by atoms with E-state index in [1.165, 1.54) is 11.8 Å². The highest BCUT2D eigenvalue weighted by Crippen LogP contribution is 2.45. The van der Waals surface area contributed by atoms with Crippen molar-refractivity contribution >= 4 is 23.4 Å². The lowest BCUT2D eigenvalue weighted by molar-refractivity contribution is -0.120. The standard InChI is InChI=1S/C24H26N4O3S/c1-4-11-20(29)28-18-14-9-7-12-16(18)21-22(25-24(27-26-21)32-6-3)31-23(28)17-13-8-10-15-19(17)30-5-2/h7-10,12-15,23H,4-6,11H2,1-3H3/t23-/m0/s1. The predicted molar refractivity (Wildman–Crippen MR) is 125 cm³/mol. The second-order valence-electron chi connectivity index (χ2n) is 7.15. The first-order chi connectivity index (χ1) is 15.7. The molecule has 0 bridgehead atoms. The van der Waals surface area contributed by atoms with E-state index in [9.17, 15) is 4.79 Å². The van der Waals surface area contributed by atoms with Crippen LogP contribution >= 0.6 is 11.8 Å². The van der Waals surface area contributed by atoms with Crippen LogP contribution in [0.4, 0.5) is 5.69 Å². The molecular formula is C24H26N4O3S. The number of hydrogen-bond acceptors (Lipinski definition) is 7. The third-order valence-electron chi connectivity index (χ3n) is 5.00. The highest BCUT2D eigenvalue weighted by molar-refractivity contribution is 7.99. The first-order valence-corrected chi connectivity index (χ1v) is 11.8. The van der Waals surface area contributed by atoms with E-state index >= 15 is 0 Å². The van der Waals surface area contributed by atoms with Crippen molar-refractivity contribution in [1.29, 1.82) is 0 Å². The molecule has 3 aromatic rings. The fourth-order valence-corrected chi connectivity index (χ4v) is 4.19. The lowest BCUT2D eigenvalue weighted by atomic mass is 10.1. The number of thioether (sulfide) groups is 1. The van der Waals surface area contributed by atoms with Gasteiger partial charge in [0.2, 0.25) is 23.2 Å². The van der Waals surface area contributed by atoms with E-state index in [1.54, 1.807) is 4.90 Å². The van der Waals surface area contributed by atoms with Crippen LogP contribution in [-0.4, -0.2) is 33.4 Å². The minimum atomic E-state index is -0.754. The molecule has 2 heterocycles. The molecule has 0 saturated heterocycles. The number of benzene rings is 2. The van der Waals surface area contributed by atoms with Crippen molar-refractivity contribution < 1.29 is 14.3 Å². The summed E-state index contributed by atoms with van der Waals surface area (Å²) in [5.74, 6) is 1.79. The Morgan fingerprint density at radius 2 is 1.88 bits per heavy atom. The third kappa shape index (κ3) is 4.27. The highest BCUT2D eigenvalue weighted by Gasteiger charge is 2.36. The Balaban J connectivity index is 1.95. The molecule has 1 aliphatic rings. The van der Waals surface area contributed by atoms with Gasteiger partial charge < -0.3 is 9.47 Å². The molecule has 0 radical (unpaired) electrons. The second kappa shape index (κ2) is 9.99. The van der Waals surface area contributed by atoms with E-state index in [0.717, 1.165) is 23.3 Å². The second-order valence-corrected chi connectivity index (χ2v) is 8.38. The highest BCUT2D eigenvalue weighted by atomic mass is 32.2. The summed E-state index contributed by atoms with van der Waals surface area (Å²) >= 11 is 1.49. The summed E-state index contributed by atoms with van der Waals surface area (Å²) in [6, 6.07) is 15.3. The Bertz CT molecular complexity index is 1110. The van der Waals surface area contributed by atoms with Gasteiger partial charge in [0.15, 0.2) is 5.69 Å². The minimum Gasteiger partial charge on any atom is -0.493 e. The normalized spacial score (nSPS) is 14.7. The molecule has 2 aromatic carbocycles. The summed E-state index contributed by atoms with van der Waals surface area (Å²) in [7, 11) is 0. The van der Waals surface area contributed by atoms with Gasteiger partial charge in [-0.1, -0.05) is 55.9 Å². The summed E-state index contributed by atoms with van der Waals surface area (Å²) in [6.07, 6.45) is 0.354. The molecular weight excluding hydrogens is 424 g/mol. The monoisotopic (exact) mass is 450 g/mol. The Morgan fingerprint density at radius 3 is 2.66 bits per heavy atom. The summed E-state index contributed by atoms with van der Waals surface area (Å²) in [6.45, 7) is 6.45. The number of carbonyl (C=O) groups excluding carboxylic acids is 1. The van der Waals surface area contributed by atoms with E-state index in [2.05, 4.69) is 15.2 Å². The fraction of sp³-hybridized carbons (Fsp3) is 0.333. The van der Waals surface area contributed by atoms with Crippen molar-refractivity contribution in [2.45, 2.75) is 45.0 Å². The van der Waals surface area contributed by atoms with Gasteiger partial charge in [-0.2, -0.15) is 4.98 Å². The first-order valence-electron chi connectivity index (χ1n) is 10.8. The van der Waals surface area contributed by atoms with Crippen LogP contribution in [0.25, 0.3) is 11.3 Å². The van der Waals surface area contributed by atoms with E-state index in [0.29, 0.717) is 41.2 Å². The average Bonchev–Trinajstić information content (AvgIpc) is 2.94. The molecule has 8 heteroatoms. The number of carbonyl (C=O) groups is 1. The third-order valence-corrected chi connectivity index (χ3v) is 5.72. The Morgan fingerprint density at radius 1 is 1.09 bits per heavy atom. The number of nitrogens with zero attached hydrogens (tertiary/aromatic N) is 4. The van der Waals surface area contributed by atoms with E-state index in [4.69, 9.17) is 9.47 Å². The summed E-state index contributed by atoms with van der Waals surface area (Å²) in [5.41, 5.74) is 2.75. The summed E-state index contributed by atoms with van der Waals surface area (Å²) in [4.78, 5) is 19.8. The van der Waals surface area contributed by atoms with Crippen LogP contribution in [0.3, 0.4) is 0 Å². The lowest BCUT2D eigenvalue weighted by Crippen LogP contribution is -2.37. The van der Waals surface area contributed by atoms with Gasteiger partial charge in [-0.3, -0.25) is 9.69 Å². The molecule has 0 aliphatic carbocycles. The van der Waals surface area contributed by atoms with Gasteiger partial charge in [-0.25, -0.2) is 0 Å². The van der Waals surface area contributed by atoms with Gasteiger partial charge in [0, 0.05) is 12.0 Å². The largest absolute Gasteiger partial charge is 0.493 e. The van der Waals surface area contributed by atoms with Crippen molar-refractivity contribution in [2.24, 2.45) is 0 Å². The van der Waals surface area contributed by atoms with Crippen LogP contribution in [0.2, 0.25) is 0 Å². The predicted octanol–water partition coefficient (Wildman–Crippen LogP) is 5.27. The number of amides is 1. The lowest BCUT2D eigenvalue weighted by Gasteiger charge is -2.31. The van der Waals surface area contributed by atoms with Crippen LogP contribution < -0.4 is 14.4 Å². The Kier molecular flexibility index (Phi) is 6.90. The molecule has 4 rings (SSSR count). The molecule has 0 unspecified atom stereocenters. The minimum absolute atomic E-state index is 0.0415. The van der Waals surface area contributed by atoms with Crippen LogP contribution in [0.5, 0.6) is 11.6 Å². The summed E-state index contributed by atoms with van der Waals surface area (Å²) < 4.78 is 12.4. The fourth-order valence-electron chi connectivity index (χ4n) is 3.68. The van der Waals surface area contributed by atoms with Crippen LogP contribution in [0, 0.1) is 0 Å². The van der Waals surface area contributed by atoms with Crippen molar-refractivity contribution in [1.82, 2.24) is 15.2 Å². The van der Waals surface area contributed by atoms with E-state index < -0.39 is 6.23 Å². The van der Waals surface area contributed by atoms with E-state index in [-0.39, 0.29) is 5.91 Å². The molecule has 7 nitrogen and oxygen atoms in total. The molecule has 32 heavy (non-hydrogen) atoms. The molecule has 0 fully saturated rings. The number of fused-ring (bicyclic) bond motifs is 3. The quantitative estimate of drug-likeness (QED) is 0.454. The van der Waals surface area contributed by atoms with Gasteiger partial charge in [-0.05, 0) is 37.3 Å². The molecule has 166 valence electrons. The zero-order chi connectivity index (χ0) is 22.5. The molecule has 0 spiro atoms. The van der Waals surface area contributed by atoms with Gasteiger partial charge in [-0.15, -0.1) is 10.2 Å². The van der Waals surface area contributed by atoms with Crippen molar-refractivity contribution in [3.63, 3.8) is 0 Å². The number of para-hydroxylation sites is 2. The molecule has 0 saturated carbocycles. The molecule has 1 aliphatic heterocycles. The number of ether oxygens (including phenoxy) is 2. The van der Waals surface area contributed by atoms with Crippen molar-refractivity contribution in [3.8, 4) is 22.9 Å². The SMILES string of the molecule is CCCC(=O)N1c2ccccc2-c2nnc(SCC)nc2O[C@H]1c1ccccc1OCC. The van der Waals surface area contributed by atoms with Crippen molar-refractivity contribution in [3.05, 3.63) is 54.1 Å². The number of hydrogen-bond donors (Lipinski definition) is 0. The topological polar surface area (TPSA) is 77.4 Å². The van der Waals surface area contributed by atoms with Crippen molar-refractivity contribution in [2.75, 3.05) is 17.3 Å². The van der Waals surface area contributed by atoms with Crippen LogP contribution in [0.1, 0.15) is 45.4 Å². The average molecular weight is 451 g/mol. The molecule has 1 amide bonds. The first kappa shape index (κ1) is 22.1. The molecule has 1 aromatic heterocycles.